The summed E-state index contributed by atoms with van der Waals surface area (Å²) in [4.78, 5) is 19.8. The van der Waals surface area contributed by atoms with Crippen LogP contribution in [0.3, 0.4) is 0 Å². The third-order valence-corrected chi connectivity index (χ3v) is 4.91. The molecule has 2 aromatic carbocycles. The van der Waals surface area contributed by atoms with Crippen molar-refractivity contribution < 1.29 is 4.39 Å². The van der Waals surface area contributed by atoms with E-state index in [1.165, 1.54) is 23.5 Å². The minimum atomic E-state index is -0.277. The third kappa shape index (κ3) is 2.76. The fourth-order valence-electron chi connectivity index (χ4n) is 2.63. The van der Waals surface area contributed by atoms with Crippen molar-refractivity contribution in [2.75, 3.05) is 11.6 Å². The van der Waals surface area contributed by atoms with Crippen molar-refractivity contribution in [1.82, 2.24) is 4.57 Å². The highest BCUT2D eigenvalue weighted by Crippen LogP contribution is 2.16. The number of halogens is 1. The first kappa shape index (κ1) is 14.8. The van der Waals surface area contributed by atoms with Gasteiger partial charge >= 0.3 is 0 Å². The quantitative estimate of drug-likeness (QED) is 0.715. The monoisotopic (exact) mass is 339 g/mol. The second-order valence-corrected chi connectivity index (χ2v) is 6.50. The van der Waals surface area contributed by atoms with Crippen LogP contribution in [-0.2, 0) is 6.67 Å². The van der Waals surface area contributed by atoms with Gasteiger partial charge in [-0.05, 0) is 35.9 Å². The van der Waals surface area contributed by atoms with Gasteiger partial charge < -0.3 is 4.90 Å². The first-order valence-corrected chi connectivity index (χ1v) is 8.34. The Balaban J connectivity index is 1.71. The summed E-state index contributed by atoms with van der Waals surface area (Å²) < 4.78 is 15.4. The average molecular weight is 339 g/mol. The number of fused-ring (bicyclic) bond motifs is 1. The fourth-order valence-corrected chi connectivity index (χ4v) is 3.59. The molecule has 1 aliphatic heterocycles. The van der Waals surface area contributed by atoms with E-state index in [0.29, 0.717) is 17.9 Å². The molecule has 24 heavy (non-hydrogen) atoms. The molecule has 4 rings (SSSR count). The summed E-state index contributed by atoms with van der Waals surface area (Å²) >= 11 is 1.40. The predicted octanol–water partition coefficient (Wildman–Crippen LogP) is 1.93. The van der Waals surface area contributed by atoms with Crippen LogP contribution in [0.15, 0.2) is 64.4 Å². The Morgan fingerprint density at radius 2 is 1.83 bits per heavy atom. The molecule has 1 aliphatic rings. The van der Waals surface area contributed by atoms with Crippen molar-refractivity contribution in [3.05, 3.63) is 85.7 Å². The van der Waals surface area contributed by atoms with Gasteiger partial charge in [-0.15, -0.1) is 0 Å². The maximum atomic E-state index is 13.1. The van der Waals surface area contributed by atoms with Gasteiger partial charge in [0.15, 0.2) is 4.80 Å². The molecular formula is C18H14FN3OS. The van der Waals surface area contributed by atoms with Crippen molar-refractivity contribution >= 4 is 23.1 Å². The number of hydrogen-bond acceptors (Lipinski definition) is 4. The molecule has 4 nitrogen and oxygen atoms in total. The van der Waals surface area contributed by atoms with Crippen LogP contribution in [0.2, 0.25) is 0 Å². The molecule has 0 aliphatic carbocycles. The van der Waals surface area contributed by atoms with Crippen molar-refractivity contribution in [2.45, 2.75) is 6.67 Å². The van der Waals surface area contributed by atoms with E-state index in [-0.39, 0.29) is 11.4 Å². The number of anilines is 1. The molecule has 0 saturated heterocycles. The third-order valence-electron chi connectivity index (χ3n) is 3.87. The van der Waals surface area contributed by atoms with Crippen LogP contribution in [0.4, 0.5) is 10.1 Å². The zero-order valence-corrected chi connectivity index (χ0v) is 13.5. The second-order valence-electron chi connectivity index (χ2n) is 5.49. The molecule has 3 aromatic rings. The van der Waals surface area contributed by atoms with Gasteiger partial charge in [-0.3, -0.25) is 9.36 Å². The summed E-state index contributed by atoms with van der Waals surface area (Å²) in [5.41, 5.74) is 1.79. The zero-order valence-electron chi connectivity index (χ0n) is 12.7. The van der Waals surface area contributed by atoms with E-state index in [9.17, 15) is 9.18 Å². The van der Waals surface area contributed by atoms with E-state index in [2.05, 4.69) is 4.99 Å². The van der Waals surface area contributed by atoms with Crippen molar-refractivity contribution in [3.8, 4) is 0 Å². The Morgan fingerprint density at radius 3 is 2.58 bits per heavy atom. The number of hydrogen-bond donors (Lipinski definition) is 0. The second kappa shape index (κ2) is 6.05. The fraction of sp³-hybridized carbons (Fsp3) is 0.111. The molecule has 0 bridgehead atoms. The lowest BCUT2D eigenvalue weighted by Crippen LogP contribution is -2.42. The Kier molecular flexibility index (Phi) is 3.74. The SMILES string of the molecule is O=c1c(=Cc2ccccc2)sc2n1CN(c1ccc(F)cc1)CN=2. The maximum absolute atomic E-state index is 13.1. The topological polar surface area (TPSA) is 37.6 Å². The van der Waals surface area contributed by atoms with E-state index in [4.69, 9.17) is 0 Å². The van der Waals surface area contributed by atoms with Gasteiger partial charge in [0.05, 0.1) is 4.53 Å². The zero-order chi connectivity index (χ0) is 16.5. The van der Waals surface area contributed by atoms with E-state index in [0.717, 1.165) is 16.1 Å². The number of aromatic nitrogens is 1. The molecule has 0 fully saturated rings. The lowest BCUT2D eigenvalue weighted by atomic mass is 10.2. The highest BCUT2D eigenvalue weighted by molar-refractivity contribution is 7.07. The normalized spacial score (nSPS) is 14.4. The largest absolute Gasteiger partial charge is 0.334 e. The standard InChI is InChI=1S/C18H14FN3OS/c19-14-6-8-15(9-7-14)21-11-20-18-22(12-21)17(23)16(24-18)10-13-4-2-1-3-5-13/h1-10H,11-12H2. The Morgan fingerprint density at radius 1 is 1.08 bits per heavy atom. The van der Waals surface area contributed by atoms with Gasteiger partial charge in [-0.2, -0.15) is 0 Å². The van der Waals surface area contributed by atoms with Crippen LogP contribution in [0.1, 0.15) is 5.56 Å². The molecule has 1 aromatic heterocycles. The molecule has 0 spiro atoms. The molecule has 0 atom stereocenters. The number of nitrogens with zero attached hydrogens (tertiary/aromatic N) is 3. The minimum Gasteiger partial charge on any atom is -0.334 e. The minimum absolute atomic E-state index is 0.0468. The van der Waals surface area contributed by atoms with Gasteiger partial charge in [0.1, 0.15) is 19.2 Å². The summed E-state index contributed by atoms with van der Waals surface area (Å²) in [6.45, 7) is 0.874. The molecule has 0 saturated carbocycles. The molecule has 120 valence electrons. The van der Waals surface area contributed by atoms with Crippen LogP contribution >= 0.6 is 11.3 Å². The first-order chi connectivity index (χ1) is 11.7. The van der Waals surface area contributed by atoms with Crippen LogP contribution in [0, 0.1) is 5.82 Å². The molecule has 0 amide bonds. The summed E-state index contributed by atoms with van der Waals surface area (Å²) in [6.07, 6.45) is 1.88. The molecule has 6 heteroatoms. The summed E-state index contributed by atoms with van der Waals surface area (Å²) in [5, 5.41) is 0. The summed E-state index contributed by atoms with van der Waals surface area (Å²) in [6, 6.07) is 16.0. The van der Waals surface area contributed by atoms with Crippen LogP contribution < -0.4 is 19.8 Å². The molecule has 0 unspecified atom stereocenters. The van der Waals surface area contributed by atoms with E-state index in [1.54, 1.807) is 16.7 Å². The van der Waals surface area contributed by atoms with E-state index in [1.807, 2.05) is 41.3 Å². The van der Waals surface area contributed by atoms with E-state index < -0.39 is 0 Å². The Labute approximate surface area is 141 Å². The smallest absolute Gasteiger partial charge is 0.271 e. The van der Waals surface area contributed by atoms with E-state index >= 15 is 0 Å². The average Bonchev–Trinajstić information content (AvgIpc) is 2.92. The molecule has 0 N–H and O–H groups in total. The highest BCUT2D eigenvalue weighted by atomic mass is 32.1. The van der Waals surface area contributed by atoms with Crippen LogP contribution in [0.25, 0.3) is 6.08 Å². The summed E-state index contributed by atoms with van der Waals surface area (Å²) in [5.74, 6) is -0.277. The predicted molar refractivity (Wildman–Crippen MR) is 93.1 cm³/mol. The van der Waals surface area contributed by atoms with Gasteiger partial charge in [0, 0.05) is 5.69 Å². The van der Waals surface area contributed by atoms with Crippen molar-refractivity contribution in [2.24, 2.45) is 4.99 Å². The van der Waals surface area contributed by atoms with Crippen LogP contribution in [0.5, 0.6) is 0 Å². The highest BCUT2D eigenvalue weighted by Gasteiger charge is 2.15. The summed E-state index contributed by atoms with van der Waals surface area (Å²) in [7, 11) is 0. The number of thiazole rings is 1. The van der Waals surface area contributed by atoms with Crippen LogP contribution in [-0.4, -0.2) is 11.2 Å². The Hall–Kier alpha value is -2.73. The lowest BCUT2D eigenvalue weighted by Gasteiger charge is -2.25. The molecule has 0 radical (unpaired) electrons. The lowest BCUT2D eigenvalue weighted by molar-refractivity contribution is 0.568. The number of rotatable bonds is 2. The molecule has 2 heterocycles. The van der Waals surface area contributed by atoms with Gasteiger partial charge in [-0.1, -0.05) is 41.7 Å². The van der Waals surface area contributed by atoms with Crippen molar-refractivity contribution in [3.63, 3.8) is 0 Å². The Bertz CT molecular complexity index is 1040. The van der Waals surface area contributed by atoms with Crippen molar-refractivity contribution in [1.29, 1.82) is 0 Å². The van der Waals surface area contributed by atoms with Gasteiger partial charge in [0.25, 0.3) is 5.56 Å². The van der Waals surface area contributed by atoms with Gasteiger partial charge in [0.2, 0.25) is 0 Å². The van der Waals surface area contributed by atoms with Gasteiger partial charge in [-0.25, -0.2) is 9.38 Å². The maximum Gasteiger partial charge on any atom is 0.271 e. The first-order valence-electron chi connectivity index (χ1n) is 7.52. The molecular weight excluding hydrogens is 325 g/mol. The number of benzene rings is 2.